The Kier molecular flexibility index (Phi) is 4.09. The first-order valence-corrected chi connectivity index (χ1v) is 10.2. The lowest BCUT2D eigenvalue weighted by Crippen LogP contribution is -2.21. The maximum atomic E-state index is 4.78. The van der Waals surface area contributed by atoms with Crippen LogP contribution in [-0.2, 0) is 6.54 Å². The Morgan fingerprint density at radius 3 is 2.85 bits per heavy atom. The molecule has 0 saturated heterocycles. The van der Waals surface area contributed by atoms with Gasteiger partial charge in [0, 0.05) is 12.6 Å². The lowest BCUT2D eigenvalue weighted by atomic mass is 9.96. The molecule has 1 fully saturated rings. The molecule has 0 amide bonds. The molecule has 0 spiro atoms. The summed E-state index contributed by atoms with van der Waals surface area (Å²) in [6.07, 6.45) is 8.53. The molecule has 1 N–H and O–H groups in total. The van der Waals surface area contributed by atoms with E-state index < -0.39 is 0 Å². The average Bonchev–Trinajstić information content (AvgIpc) is 3.26. The third-order valence-electron chi connectivity index (χ3n) is 5.27. The number of fused-ring (bicyclic) bond motifs is 2. The van der Waals surface area contributed by atoms with Crippen LogP contribution in [-0.4, -0.2) is 20.6 Å². The number of hydrogen-bond acceptors (Lipinski definition) is 4. The highest BCUT2D eigenvalue weighted by Gasteiger charge is 2.15. The number of anilines is 1. The summed E-state index contributed by atoms with van der Waals surface area (Å²) in [7, 11) is 0. The third kappa shape index (κ3) is 3.07. The molecule has 2 aromatic carbocycles. The SMILES string of the molecule is c1ccc2c(c1)ncn2Cc1ccc2nc(NC3CCCCC3)sc2c1. The molecule has 1 aliphatic carbocycles. The van der Waals surface area contributed by atoms with E-state index in [0.717, 1.165) is 22.7 Å². The predicted octanol–water partition coefficient (Wildman–Crippen LogP) is 5.44. The highest BCUT2D eigenvalue weighted by atomic mass is 32.1. The van der Waals surface area contributed by atoms with Crippen molar-refractivity contribution in [3.63, 3.8) is 0 Å². The highest BCUT2D eigenvalue weighted by molar-refractivity contribution is 7.22. The Hall–Kier alpha value is -2.40. The largest absolute Gasteiger partial charge is 0.359 e. The van der Waals surface area contributed by atoms with Crippen molar-refractivity contribution in [2.75, 3.05) is 5.32 Å². The number of hydrogen-bond donors (Lipinski definition) is 1. The van der Waals surface area contributed by atoms with Gasteiger partial charge in [0.25, 0.3) is 0 Å². The third-order valence-corrected chi connectivity index (χ3v) is 6.22. The molecule has 5 rings (SSSR count). The molecular weight excluding hydrogens is 340 g/mol. The van der Waals surface area contributed by atoms with Crippen LogP contribution < -0.4 is 5.32 Å². The van der Waals surface area contributed by atoms with E-state index in [2.05, 4.69) is 51.3 Å². The summed E-state index contributed by atoms with van der Waals surface area (Å²) in [5.41, 5.74) is 4.60. The molecule has 0 unspecified atom stereocenters. The van der Waals surface area contributed by atoms with Gasteiger partial charge >= 0.3 is 0 Å². The van der Waals surface area contributed by atoms with Crippen LogP contribution in [0.5, 0.6) is 0 Å². The number of rotatable bonds is 4. The Morgan fingerprint density at radius 1 is 1.04 bits per heavy atom. The standard InChI is InChI=1S/C21H22N4S/c1-2-6-16(7-3-1)23-21-24-18-11-10-15(12-20(18)26-21)13-25-14-22-17-8-4-5-9-19(17)25/h4-5,8-12,14,16H,1-3,6-7,13H2,(H,23,24). The van der Waals surface area contributed by atoms with Gasteiger partial charge in [0.05, 0.1) is 27.6 Å². The Balaban J connectivity index is 1.39. The zero-order valence-corrected chi connectivity index (χ0v) is 15.5. The fourth-order valence-electron chi connectivity index (χ4n) is 3.88. The first-order chi connectivity index (χ1) is 12.8. The Morgan fingerprint density at radius 2 is 1.92 bits per heavy atom. The molecule has 0 radical (unpaired) electrons. The van der Waals surface area contributed by atoms with Gasteiger partial charge in [-0.05, 0) is 42.7 Å². The van der Waals surface area contributed by atoms with Crippen LogP contribution in [0.15, 0.2) is 48.8 Å². The minimum absolute atomic E-state index is 0.598. The van der Waals surface area contributed by atoms with Crippen LogP contribution in [0.4, 0.5) is 5.13 Å². The topological polar surface area (TPSA) is 42.7 Å². The lowest BCUT2D eigenvalue weighted by molar-refractivity contribution is 0.462. The second kappa shape index (κ2) is 6.72. The summed E-state index contributed by atoms with van der Waals surface area (Å²) in [6, 6.07) is 15.5. The smallest absolute Gasteiger partial charge is 0.184 e. The van der Waals surface area contributed by atoms with Gasteiger partial charge in [-0.15, -0.1) is 0 Å². The van der Waals surface area contributed by atoms with Crippen molar-refractivity contribution >= 4 is 37.7 Å². The lowest BCUT2D eigenvalue weighted by Gasteiger charge is -2.22. The van der Waals surface area contributed by atoms with E-state index in [-0.39, 0.29) is 0 Å². The van der Waals surface area contributed by atoms with E-state index in [1.807, 2.05) is 12.4 Å². The van der Waals surface area contributed by atoms with Crippen LogP contribution in [0.3, 0.4) is 0 Å². The van der Waals surface area contributed by atoms with E-state index in [1.165, 1.54) is 47.9 Å². The van der Waals surface area contributed by atoms with E-state index in [9.17, 15) is 0 Å². The van der Waals surface area contributed by atoms with Crippen LogP contribution in [0.2, 0.25) is 0 Å². The van der Waals surface area contributed by atoms with Crippen molar-refractivity contribution in [1.82, 2.24) is 14.5 Å². The summed E-state index contributed by atoms with van der Waals surface area (Å²) in [6.45, 7) is 0.833. The fraction of sp³-hybridized carbons (Fsp3) is 0.333. The van der Waals surface area contributed by atoms with Gasteiger partial charge in [0.2, 0.25) is 0 Å². The summed E-state index contributed by atoms with van der Waals surface area (Å²) in [4.78, 5) is 9.27. The molecule has 2 aromatic heterocycles. The second-order valence-corrected chi connectivity index (χ2v) is 8.19. The van der Waals surface area contributed by atoms with Gasteiger partial charge < -0.3 is 9.88 Å². The molecule has 5 heteroatoms. The van der Waals surface area contributed by atoms with Crippen LogP contribution in [0.1, 0.15) is 37.7 Å². The summed E-state index contributed by atoms with van der Waals surface area (Å²) in [5, 5.41) is 4.72. The molecule has 4 aromatic rings. The van der Waals surface area contributed by atoms with Crippen molar-refractivity contribution in [3.05, 3.63) is 54.4 Å². The number of imidazole rings is 1. The zero-order valence-electron chi connectivity index (χ0n) is 14.7. The van der Waals surface area contributed by atoms with E-state index in [0.29, 0.717) is 6.04 Å². The van der Waals surface area contributed by atoms with Gasteiger partial charge in [-0.1, -0.05) is 48.8 Å². The zero-order chi connectivity index (χ0) is 17.3. The van der Waals surface area contributed by atoms with Gasteiger partial charge in [-0.2, -0.15) is 0 Å². The van der Waals surface area contributed by atoms with E-state index in [1.54, 1.807) is 11.3 Å². The quantitative estimate of drug-likeness (QED) is 0.526. The molecule has 1 saturated carbocycles. The van der Waals surface area contributed by atoms with Crippen LogP contribution >= 0.6 is 11.3 Å². The molecule has 1 aliphatic rings. The second-order valence-electron chi connectivity index (χ2n) is 7.16. The summed E-state index contributed by atoms with van der Waals surface area (Å²) in [5.74, 6) is 0. The number of benzene rings is 2. The molecule has 0 aliphatic heterocycles. The minimum Gasteiger partial charge on any atom is -0.359 e. The molecule has 132 valence electrons. The van der Waals surface area contributed by atoms with Crippen molar-refractivity contribution in [3.8, 4) is 0 Å². The summed E-state index contributed by atoms with van der Waals surface area (Å²) >= 11 is 1.77. The molecular formula is C21H22N4S. The van der Waals surface area contributed by atoms with E-state index >= 15 is 0 Å². The van der Waals surface area contributed by atoms with Crippen molar-refractivity contribution in [2.45, 2.75) is 44.7 Å². The first kappa shape index (κ1) is 15.8. The molecule has 4 nitrogen and oxygen atoms in total. The average molecular weight is 363 g/mol. The molecule has 0 bridgehead atoms. The number of nitrogens with zero attached hydrogens (tertiary/aromatic N) is 3. The van der Waals surface area contributed by atoms with Gasteiger partial charge in [-0.25, -0.2) is 9.97 Å². The number of para-hydroxylation sites is 2. The van der Waals surface area contributed by atoms with Gasteiger partial charge in [0.15, 0.2) is 5.13 Å². The van der Waals surface area contributed by atoms with Gasteiger partial charge in [-0.3, -0.25) is 0 Å². The van der Waals surface area contributed by atoms with Crippen molar-refractivity contribution in [1.29, 1.82) is 0 Å². The maximum absolute atomic E-state index is 4.78. The Labute approximate surface area is 156 Å². The fourth-order valence-corrected chi connectivity index (χ4v) is 4.89. The number of thiazole rings is 1. The van der Waals surface area contributed by atoms with Crippen molar-refractivity contribution < 1.29 is 0 Å². The summed E-state index contributed by atoms with van der Waals surface area (Å²) < 4.78 is 3.46. The Bertz CT molecular complexity index is 1040. The maximum Gasteiger partial charge on any atom is 0.184 e. The number of aromatic nitrogens is 3. The predicted molar refractivity (Wildman–Crippen MR) is 109 cm³/mol. The minimum atomic E-state index is 0.598. The van der Waals surface area contributed by atoms with Gasteiger partial charge in [0.1, 0.15) is 0 Å². The number of nitrogens with one attached hydrogen (secondary N) is 1. The van der Waals surface area contributed by atoms with Crippen LogP contribution in [0, 0.1) is 0 Å². The molecule has 26 heavy (non-hydrogen) atoms. The van der Waals surface area contributed by atoms with Crippen LogP contribution in [0.25, 0.3) is 21.3 Å². The highest BCUT2D eigenvalue weighted by Crippen LogP contribution is 2.30. The normalized spacial score (nSPS) is 15.7. The first-order valence-electron chi connectivity index (χ1n) is 9.41. The van der Waals surface area contributed by atoms with E-state index in [4.69, 9.17) is 4.98 Å². The monoisotopic (exact) mass is 362 g/mol. The van der Waals surface area contributed by atoms with Crippen molar-refractivity contribution in [2.24, 2.45) is 0 Å². The molecule has 2 heterocycles. The molecule has 0 atom stereocenters.